The number of carboxylic acids is 1. The van der Waals surface area contributed by atoms with E-state index in [9.17, 15) is 9.90 Å². The van der Waals surface area contributed by atoms with Crippen LogP contribution in [-0.4, -0.2) is 20.7 Å². The molecule has 1 atom stereocenters. The quantitative estimate of drug-likeness (QED) is 0.880. The Kier molecular flexibility index (Phi) is 2.83. The average Bonchev–Trinajstić information content (AvgIpc) is 2.86. The number of allylic oxidation sites excluding steroid dienone is 1. The van der Waals surface area contributed by atoms with E-state index >= 15 is 0 Å². The van der Waals surface area contributed by atoms with Gasteiger partial charge in [-0.3, -0.25) is 0 Å². The second-order valence-corrected chi connectivity index (χ2v) is 4.93. The molecule has 0 aliphatic carbocycles. The lowest BCUT2D eigenvalue weighted by molar-refractivity contribution is -0.299. The van der Waals surface area contributed by atoms with Crippen molar-refractivity contribution >= 4 is 27.8 Å². The maximum atomic E-state index is 11.0. The van der Waals surface area contributed by atoms with Gasteiger partial charge >= 0.3 is 0 Å². The summed E-state index contributed by atoms with van der Waals surface area (Å²) in [5.41, 5.74) is 0.906. The van der Waals surface area contributed by atoms with Crippen molar-refractivity contribution < 1.29 is 9.90 Å². The van der Waals surface area contributed by atoms with Gasteiger partial charge in [-0.15, -0.1) is 0 Å². The molecular formula is C12H8BrN4O2-. The number of carboxylic acid groups (broad SMARTS) is 1. The Bertz CT molecular complexity index is 663. The third-order valence-electron chi connectivity index (χ3n) is 2.84. The minimum absolute atomic E-state index is 0.00609. The van der Waals surface area contributed by atoms with Crippen molar-refractivity contribution in [1.82, 2.24) is 14.8 Å². The Morgan fingerprint density at radius 2 is 2.11 bits per heavy atom. The Hall–Kier alpha value is -2.15. The van der Waals surface area contributed by atoms with E-state index in [2.05, 4.69) is 31.3 Å². The van der Waals surface area contributed by atoms with Crippen molar-refractivity contribution in [2.24, 2.45) is 0 Å². The summed E-state index contributed by atoms with van der Waals surface area (Å²) in [4.78, 5) is 15.0. The van der Waals surface area contributed by atoms with Crippen molar-refractivity contribution in [3.05, 3.63) is 52.4 Å². The number of aliphatic carboxylic acids is 1. The molecule has 1 aromatic carbocycles. The van der Waals surface area contributed by atoms with E-state index in [0.717, 1.165) is 10.0 Å². The first-order valence-corrected chi connectivity index (χ1v) is 6.29. The summed E-state index contributed by atoms with van der Waals surface area (Å²) >= 11 is 3.36. The highest BCUT2D eigenvalue weighted by molar-refractivity contribution is 9.10. The molecule has 0 amide bonds. The summed E-state index contributed by atoms with van der Waals surface area (Å²) in [7, 11) is 0. The Balaban J connectivity index is 2.09. The molecule has 1 N–H and O–H groups in total. The Morgan fingerprint density at radius 3 is 2.79 bits per heavy atom. The van der Waals surface area contributed by atoms with Gasteiger partial charge in [0.15, 0.2) is 0 Å². The summed E-state index contributed by atoms with van der Waals surface area (Å²) in [6.45, 7) is 0. The lowest BCUT2D eigenvalue weighted by atomic mass is 10.0. The van der Waals surface area contributed by atoms with E-state index in [1.807, 2.05) is 24.3 Å². The third-order valence-corrected chi connectivity index (χ3v) is 3.37. The first-order chi connectivity index (χ1) is 9.15. The number of carbonyl (C=O) groups excluding carboxylic acids is 1. The van der Waals surface area contributed by atoms with E-state index in [1.165, 1.54) is 6.33 Å². The van der Waals surface area contributed by atoms with Crippen molar-refractivity contribution in [2.75, 3.05) is 5.32 Å². The second-order valence-electron chi connectivity index (χ2n) is 4.02. The lowest BCUT2D eigenvalue weighted by Gasteiger charge is -2.24. The smallest absolute Gasteiger partial charge is 0.226 e. The molecule has 3 rings (SSSR count). The molecular weight excluding hydrogens is 312 g/mol. The van der Waals surface area contributed by atoms with Crippen LogP contribution in [0.5, 0.6) is 0 Å². The normalized spacial score (nSPS) is 17.3. The number of halogens is 1. The molecule has 0 saturated carbocycles. The van der Waals surface area contributed by atoms with E-state index in [4.69, 9.17) is 0 Å². The molecule has 0 bridgehead atoms. The van der Waals surface area contributed by atoms with Crippen molar-refractivity contribution in [1.29, 1.82) is 0 Å². The van der Waals surface area contributed by atoms with E-state index < -0.39 is 5.97 Å². The van der Waals surface area contributed by atoms with Crippen molar-refractivity contribution in [3.8, 4) is 0 Å². The fraction of sp³-hybridized carbons (Fsp3) is 0.0833. The molecule has 1 aliphatic rings. The summed E-state index contributed by atoms with van der Waals surface area (Å²) in [5, 5.41) is 17.8. The molecule has 0 radical (unpaired) electrons. The zero-order valence-electron chi connectivity index (χ0n) is 9.58. The van der Waals surface area contributed by atoms with Crippen molar-refractivity contribution in [3.63, 3.8) is 0 Å². The first kappa shape index (κ1) is 11.9. The van der Waals surface area contributed by atoms with Gasteiger partial charge < -0.3 is 15.2 Å². The molecule has 2 heterocycles. The van der Waals surface area contributed by atoms with Crippen LogP contribution >= 0.6 is 15.9 Å². The fourth-order valence-electron chi connectivity index (χ4n) is 1.95. The maximum absolute atomic E-state index is 11.0. The molecule has 1 aromatic heterocycles. The van der Waals surface area contributed by atoms with E-state index in [0.29, 0.717) is 5.95 Å². The monoisotopic (exact) mass is 319 g/mol. The molecule has 6 nitrogen and oxygen atoms in total. The molecule has 0 fully saturated rings. The minimum atomic E-state index is -1.27. The fourth-order valence-corrected chi connectivity index (χ4v) is 2.21. The summed E-state index contributed by atoms with van der Waals surface area (Å²) in [5.74, 6) is -0.883. The molecule has 0 saturated heterocycles. The minimum Gasteiger partial charge on any atom is -0.543 e. The van der Waals surface area contributed by atoms with Crippen LogP contribution in [0.2, 0.25) is 0 Å². The number of hydrogen-bond acceptors (Lipinski definition) is 5. The Morgan fingerprint density at radius 1 is 1.37 bits per heavy atom. The molecule has 0 spiro atoms. The van der Waals surface area contributed by atoms with Crippen LogP contribution in [0.4, 0.5) is 5.95 Å². The van der Waals surface area contributed by atoms with Gasteiger partial charge in [0.05, 0.1) is 11.7 Å². The van der Waals surface area contributed by atoms with Gasteiger partial charge in [-0.2, -0.15) is 10.1 Å². The van der Waals surface area contributed by atoms with Crippen LogP contribution in [0.3, 0.4) is 0 Å². The van der Waals surface area contributed by atoms with Gasteiger partial charge in [-0.05, 0) is 23.8 Å². The SMILES string of the molecule is O=C([O-])C1=C[C@H](c2ccc(Br)cc2)n2ncnc2N1. The van der Waals surface area contributed by atoms with Gasteiger partial charge in [0, 0.05) is 4.47 Å². The predicted octanol–water partition coefficient (Wildman–Crippen LogP) is 0.689. The van der Waals surface area contributed by atoms with Gasteiger partial charge in [-0.25, -0.2) is 4.68 Å². The molecule has 1 aliphatic heterocycles. The van der Waals surface area contributed by atoms with Gasteiger partial charge in [0.25, 0.3) is 0 Å². The van der Waals surface area contributed by atoms with Crippen LogP contribution < -0.4 is 10.4 Å². The largest absolute Gasteiger partial charge is 0.543 e. The van der Waals surface area contributed by atoms with Crippen LogP contribution in [-0.2, 0) is 4.79 Å². The third kappa shape index (κ3) is 2.12. The summed E-state index contributed by atoms with van der Waals surface area (Å²) in [6.07, 6.45) is 2.93. The number of rotatable bonds is 2. The number of nitrogens with zero attached hydrogens (tertiary/aromatic N) is 3. The Labute approximate surface area is 116 Å². The molecule has 96 valence electrons. The zero-order chi connectivity index (χ0) is 13.4. The molecule has 2 aromatic rings. The number of carbonyl (C=O) groups is 1. The highest BCUT2D eigenvalue weighted by atomic mass is 79.9. The standard InChI is InChI=1S/C12H9BrN4O2/c13-8-3-1-7(2-4-8)10-5-9(11(18)19)16-12-14-6-15-17(10)12/h1-6,10H,(H,18,19)(H,14,15,16)/p-1/t10-/m1/s1. The number of benzene rings is 1. The number of fused-ring (bicyclic) bond motifs is 1. The predicted molar refractivity (Wildman–Crippen MR) is 69.0 cm³/mol. The van der Waals surface area contributed by atoms with Gasteiger partial charge in [-0.1, -0.05) is 28.1 Å². The molecule has 19 heavy (non-hydrogen) atoms. The molecule has 7 heteroatoms. The summed E-state index contributed by atoms with van der Waals surface area (Å²) in [6, 6.07) is 7.25. The summed E-state index contributed by atoms with van der Waals surface area (Å²) < 4.78 is 2.57. The van der Waals surface area contributed by atoms with Crippen LogP contribution in [0, 0.1) is 0 Å². The van der Waals surface area contributed by atoms with Gasteiger partial charge in [0.1, 0.15) is 12.4 Å². The van der Waals surface area contributed by atoms with E-state index in [-0.39, 0.29) is 11.7 Å². The second kappa shape index (κ2) is 4.51. The van der Waals surface area contributed by atoms with E-state index in [1.54, 1.807) is 10.8 Å². The highest BCUT2D eigenvalue weighted by Gasteiger charge is 2.22. The van der Waals surface area contributed by atoms with Crippen LogP contribution in [0.15, 0.2) is 46.8 Å². The first-order valence-electron chi connectivity index (χ1n) is 5.50. The highest BCUT2D eigenvalue weighted by Crippen LogP contribution is 2.28. The van der Waals surface area contributed by atoms with Crippen LogP contribution in [0.1, 0.15) is 11.6 Å². The van der Waals surface area contributed by atoms with Crippen LogP contribution in [0.25, 0.3) is 0 Å². The van der Waals surface area contributed by atoms with Gasteiger partial charge in [0.2, 0.25) is 5.95 Å². The topological polar surface area (TPSA) is 82.9 Å². The average molecular weight is 320 g/mol. The number of nitrogens with one attached hydrogen (secondary N) is 1. The lowest BCUT2D eigenvalue weighted by Crippen LogP contribution is -2.32. The van der Waals surface area contributed by atoms with Crippen molar-refractivity contribution in [2.45, 2.75) is 6.04 Å². The zero-order valence-corrected chi connectivity index (χ0v) is 11.2. The number of anilines is 1. The molecule has 0 unspecified atom stereocenters. The maximum Gasteiger partial charge on any atom is 0.226 e. The number of aromatic nitrogens is 3. The number of hydrogen-bond donors (Lipinski definition) is 1.